The van der Waals surface area contributed by atoms with E-state index in [1.54, 1.807) is 12.0 Å². The van der Waals surface area contributed by atoms with Crippen molar-refractivity contribution in [1.82, 2.24) is 5.32 Å². The van der Waals surface area contributed by atoms with Crippen LogP contribution >= 0.6 is 0 Å². The molecule has 2 amide bonds. The Hall–Kier alpha value is -3.02. The number of hydrogen-bond donors (Lipinski definition) is 1. The van der Waals surface area contributed by atoms with Gasteiger partial charge in [-0.2, -0.15) is 0 Å². The molecule has 3 rings (SSSR count). The SMILES string of the molecule is COc1cccc(N2CC(NC(=O)COc3ccc(C(C)C)cc3)CC2=O)c1. The highest BCUT2D eigenvalue weighted by atomic mass is 16.5. The first-order valence-corrected chi connectivity index (χ1v) is 9.43. The van der Waals surface area contributed by atoms with Gasteiger partial charge in [0.2, 0.25) is 5.91 Å². The molecule has 0 aromatic heterocycles. The Morgan fingerprint density at radius 1 is 1.18 bits per heavy atom. The smallest absolute Gasteiger partial charge is 0.258 e. The molecule has 6 heteroatoms. The highest BCUT2D eigenvalue weighted by Gasteiger charge is 2.31. The Kier molecular flexibility index (Phi) is 6.19. The molecular weight excluding hydrogens is 356 g/mol. The van der Waals surface area contributed by atoms with Crippen LogP contribution < -0.4 is 19.7 Å². The minimum atomic E-state index is -0.238. The van der Waals surface area contributed by atoms with Gasteiger partial charge in [0.25, 0.3) is 5.91 Å². The number of carbonyl (C=O) groups is 2. The summed E-state index contributed by atoms with van der Waals surface area (Å²) in [5.74, 6) is 1.53. The first-order valence-electron chi connectivity index (χ1n) is 9.43. The van der Waals surface area contributed by atoms with E-state index in [0.29, 0.717) is 24.0 Å². The molecule has 148 valence electrons. The molecule has 2 aromatic carbocycles. The van der Waals surface area contributed by atoms with E-state index in [-0.39, 0.29) is 30.9 Å². The van der Waals surface area contributed by atoms with E-state index in [1.165, 1.54) is 5.56 Å². The fourth-order valence-corrected chi connectivity index (χ4v) is 3.20. The minimum absolute atomic E-state index is 0.0243. The molecule has 1 saturated heterocycles. The topological polar surface area (TPSA) is 67.9 Å². The summed E-state index contributed by atoms with van der Waals surface area (Å²) >= 11 is 0. The molecule has 6 nitrogen and oxygen atoms in total. The molecule has 1 heterocycles. The number of hydrogen-bond acceptors (Lipinski definition) is 4. The average molecular weight is 382 g/mol. The summed E-state index contributed by atoms with van der Waals surface area (Å²) < 4.78 is 10.8. The maximum Gasteiger partial charge on any atom is 0.258 e. The molecule has 1 atom stereocenters. The summed E-state index contributed by atoms with van der Waals surface area (Å²) in [6.07, 6.45) is 0.270. The van der Waals surface area contributed by atoms with Crippen LogP contribution in [0.25, 0.3) is 0 Å². The Bertz CT molecular complexity index is 833. The lowest BCUT2D eigenvalue weighted by atomic mass is 10.0. The van der Waals surface area contributed by atoms with E-state index in [9.17, 15) is 9.59 Å². The van der Waals surface area contributed by atoms with Gasteiger partial charge in [-0.1, -0.05) is 32.0 Å². The summed E-state index contributed by atoms with van der Waals surface area (Å²) in [6, 6.07) is 14.8. The predicted octanol–water partition coefficient (Wildman–Crippen LogP) is 3.12. The van der Waals surface area contributed by atoms with Crippen LogP contribution in [0.5, 0.6) is 11.5 Å². The number of anilines is 1. The van der Waals surface area contributed by atoms with E-state index in [4.69, 9.17) is 9.47 Å². The maximum atomic E-state index is 12.3. The zero-order chi connectivity index (χ0) is 20.1. The van der Waals surface area contributed by atoms with Gasteiger partial charge in [-0.25, -0.2) is 0 Å². The summed E-state index contributed by atoms with van der Waals surface area (Å²) in [4.78, 5) is 26.2. The van der Waals surface area contributed by atoms with E-state index in [2.05, 4.69) is 19.2 Å². The zero-order valence-corrected chi connectivity index (χ0v) is 16.5. The van der Waals surface area contributed by atoms with Crippen molar-refractivity contribution >= 4 is 17.5 Å². The fraction of sp³-hybridized carbons (Fsp3) is 0.364. The second kappa shape index (κ2) is 8.78. The number of amides is 2. The Balaban J connectivity index is 1.51. The Morgan fingerprint density at radius 2 is 1.93 bits per heavy atom. The largest absolute Gasteiger partial charge is 0.497 e. The molecule has 1 N–H and O–H groups in total. The van der Waals surface area contributed by atoms with Gasteiger partial charge < -0.3 is 19.7 Å². The van der Waals surface area contributed by atoms with Crippen molar-refractivity contribution in [2.45, 2.75) is 32.2 Å². The lowest BCUT2D eigenvalue weighted by Crippen LogP contribution is -2.39. The van der Waals surface area contributed by atoms with Crippen molar-refractivity contribution in [2.75, 3.05) is 25.2 Å². The van der Waals surface area contributed by atoms with Crippen molar-refractivity contribution in [3.8, 4) is 11.5 Å². The molecule has 0 radical (unpaired) electrons. The van der Waals surface area contributed by atoms with Crippen LogP contribution in [-0.4, -0.2) is 38.1 Å². The highest BCUT2D eigenvalue weighted by molar-refractivity contribution is 5.97. The Morgan fingerprint density at radius 3 is 2.61 bits per heavy atom. The third kappa shape index (κ3) is 4.82. The van der Waals surface area contributed by atoms with Crippen LogP contribution in [0, 0.1) is 0 Å². The molecule has 1 fully saturated rings. The van der Waals surface area contributed by atoms with Gasteiger partial charge in [0.1, 0.15) is 11.5 Å². The number of ether oxygens (including phenoxy) is 2. The van der Waals surface area contributed by atoms with Gasteiger partial charge in [0, 0.05) is 24.7 Å². The maximum absolute atomic E-state index is 12.3. The zero-order valence-electron chi connectivity index (χ0n) is 16.5. The first kappa shape index (κ1) is 19.7. The van der Waals surface area contributed by atoms with Gasteiger partial charge in [-0.3, -0.25) is 9.59 Å². The second-order valence-corrected chi connectivity index (χ2v) is 7.19. The van der Waals surface area contributed by atoms with Gasteiger partial charge in [0.05, 0.1) is 13.2 Å². The van der Waals surface area contributed by atoms with E-state index < -0.39 is 0 Å². The summed E-state index contributed by atoms with van der Waals surface area (Å²) in [6.45, 7) is 4.60. The summed E-state index contributed by atoms with van der Waals surface area (Å²) in [5.41, 5.74) is 1.99. The van der Waals surface area contributed by atoms with Crippen molar-refractivity contribution < 1.29 is 19.1 Å². The summed E-state index contributed by atoms with van der Waals surface area (Å²) in [7, 11) is 1.59. The fourth-order valence-electron chi connectivity index (χ4n) is 3.20. The number of methoxy groups -OCH3 is 1. The number of nitrogens with one attached hydrogen (secondary N) is 1. The van der Waals surface area contributed by atoms with Crippen LogP contribution in [-0.2, 0) is 9.59 Å². The molecule has 1 unspecified atom stereocenters. The number of rotatable bonds is 7. The number of carbonyl (C=O) groups excluding carboxylic acids is 2. The van der Waals surface area contributed by atoms with Gasteiger partial charge in [-0.05, 0) is 35.7 Å². The molecule has 1 aliphatic heterocycles. The Labute approximate surface area is 165 Å². The molecular formula is C22H26N2O4. The predicted molar refractivity (Wildman–Crippen MR) is 108 cm³/mol. The van der Waals surface area contributed by atoms with Crippen LogP contribution in [0.1, 0.15) is 31.7 Å². The molecule has 0 bridgehead atoms. The molecule has 28 heavy (non-hydrogen) atoms. The molecule has 0 saturated carbocycles. The van der Waals surface area contributed by atoms with Gasteiger partial charge >= 0.3 is 0 Å². The van der Waals surface area contributed by atoms with E-state index >= 15 is 0 Å². The molecule has 1 aliphatic rings. The van der Waals surface area contributed by atoms with E-state index in [1.807, 2.05) is 48.5 Å². The second-order valence-electron chi connectivity index (χ2n) is 7.19. The van der Waals surface area contributed by atoms with Crippen molar-refractivity contribution in [3.63, 3.8) is 0 Å². The van der Waals surface area contributed by atoms with Gasteiger partial charge in [0.15, 0.2) is 6.61 Å². The van der Waals surface area contributed by atoms with Gasteiger partial charge in [-0.15, -0.1) is 0 Å². The van der Waals surface area contributed by atoms with Crippen LogP contribution in [0.15, 0.2) is 48.5 Å². The number of nitrogens with zero attached hydrogens (tertiary/aromatic N) is 1. The van der Waals surface area contributed by atoms with Crippen LogP contribution in [0.4, 0.5) is 5.69 Å². The molecule has 0 aliphatic carbocycles. The lowest BCUT2D eigenvalue weighted by molar-refractivity contribution is -0.123. The van der Waals surface area contributed by atoms with Crippen LogP contribution in [0.2, 0.25) is 0 Å². The first-order chi connectivity index (χ1) is 13.5. The lowest BCUT2D eigenvalue weighted by Gasteiger charge is -2.18. The monoisotopic (exact) mass is 382 g/mol. The van der Waals surface area contributed by atoms with Crippen molar-refractivity contribution in [1.29, 1.82) is 0 Å². The molecule has 2 aromatic rings. The normalized spacial score (nSPS) is 16.4. The summed E-state index contributed by atoms with van der Waals surface area (Å²) in [5, 5.41) is 2.88. The average Bonchev–Trinajstić information content (AvgIpc) is 3.06. The minimum Gasteiger partial charge on any atom is -0.497 e. The third-order valence-electron chi connectivity index (χ3n) is 4.77. The quantitative estimate of drug-likeness (QED) is 0.799. The van der Waals surface area contributed by atoms with Crippen molar-refractivity contribution in [3.05, 3.63) is 54.1 Å². The third-order valence-corrected chi connectivity index (χ3v) is 4.77. The van der Waals surface area contributed by atoms with Crippen LogP contribution in [0.3, 0.4) is 0 Å². The standard InChI is InChI=1S/C22H26N2O4/c1-15(2)16-7-9-19(10-8-16)28-14-21(25)23-17-11-22(26)24(13-17)18-5-4-6-20(12-18)27-3/h4-10,12,15,17H,11,13-14H2,1-3H3,(H,23,25). The molecule has 0 spiro atoms. The highest BCUT2D eigenvalue weighted by Crippen LogP contribution is 2.25. The van der Waals surface area contributed by atoms with Crippen molar-refractivity contribution in [2.24, 2.45) is 0 Å². The number of benzene rings is 2. The van der Waals surface area contributed by atoms with E-state index in [0.717, 1.165) is 5.69 Å².